The largest absolute Gasteiger partial charge is 0.496 e. The normalized spacial score (nSPS) is 12.2. The molecule has 4 nitrogen and oxygen atoms in total. The number of aliphatic hydroxyl groups is 1. The lowest BCUT2D eigenvalue weighted by molar-refractivity contribution is 0.194. The Bertz CT molecular complexity index is 581. The number of rotatable bonds is 5. The molecule has 0 aliphatic rings. The summed E-state index contributed by atoms with van der Waals surface area (Å²) in [4.78, 5) is 7.62. The van der Waals surface area contributed by atoms with Gasteiger partial charge in [0.25, 0.3) is 0 Å². The lowest BCUT2D eigenvalue weighted by Crippen LogP contribution is -2.19. The Hall–Kier alpha value is -1.59. The average molecular weight is 292 g/mol. The predicted octanol–water partition coefficient (Wildman–Crippen LogP) is 3.15. The zero-order chi connectivity index (χ0) is 14.7. The van der Waals surface area contributed by atoms with E-state index < -0.39 is 6.10 Å². The van der Waals surface area contributed by atoms with E-state index in [-0.39, 0.29) is 0 Å². The minimum absolute atomic E-state index is 0.578. The molecule has 0 unspecified atom stereocenters. The summed E-state index contributed by atoms with van der Waals surface area (Å²) < 4.78 is 5.36. The van der Waals surface area contributed by atoms with E-state index in [4.69, 9.17) is 4.74 Å². The highest BCUT2D eigenvalue weighted by molar-refractivity contribution is 7.09. The summed E-state index contributed by atoms with van der Waals surface area (Å²) in [6.07, 6.45) is -0.578. The third-order valence-corrected chi connectivity index (χ3v) is 4.24. The fraction of sp³-hybridized carbons (Fsp3) is 0.400. The summed E-state index contributed by atoms with van der Waals surface area (Å²) >= 11 is 1.65. The van der Waals surface area contributed by atoms with Gasteiger partial charge in [0.1, 0.15) is 5.75 Å². The van der Waals surface area contributed by atoms with Crippen molar-refractivity contribution < 1.29 is 9.84 Å². The number of anilines is 1. The molecule has 0 spiro atoms. The second kappa shape index (κ2) is 6.24. The Kier molecular flexibility index (Phi) is 4.62. The number of ether oxygens (including phenoxy) is 1. The van der Waals surface area contributed by atoms with E-state index in [2.05, 4.69) is 9.88 Å². The summed E-state index contributed by atoms with van der Waals surface area (Å²) in [5, 5.41) is 10.0. The second-order valence-corrected chi connectivity index (χ2v) is 5.73. The zero-order valence-corrected chi connectivity index (χ0v) is 13.1. The molecule has 0 radical (unpaired) electrons. The van der Waals surface area contributed by atoms with E-state index in [9.17, 15) is 5.11 Å². The molecule has 20 heavy (non-hydrogen) atoms. The summed E-state index contributed by atoms with van der Waals surface area (Å²) in [7, 11) is 3.64. The monoisotopic (exact) mass is 292 g/mol. The van der Waals surface area contributed by atoms with Crippen LogP contribution in [0.3, 0.4) is 0 Å². The average Bonchev–Trinajstić information content (AvgIpc) is 2.83. The molecule has 1 aromatic carbocycles. The third kappa shape index (κ3) is 2.94. The maximum absolute atomic E-state index is 10.0. The molecule has 0 aliphatic carbocycles. The number of hydrogen-bond donors (Lipinski definition) is 1. The number of hydrogen-bond acceptors (Lipinski definition) is 5. The first-order valence-electron chi connectivity index (χ1n) is 6.49. The fourth-order valence-corrected chi connectivity index (χ4v) is 3.07. The van der Waals surface area contributed by atoms with Crippen molar-refractivity contribution in [3.05, 3.63) is 39.8 Å². The van der Waals surface area contributed by atoms with E-state index in [0.717, 1.165) is 23.5 Å². The lowest BCUT2D eigenvalue weighted by atomic mass is 10.1. The molecule has 1 heterocycles. The minimum Gasteiger partial charge on any atom is -0.496 e. The number of thiazole rings is 1. The van der Waals surface area contributed by atoms with E-state index >= 15 is 0 Å². The van der Waals surface area contributed by atoms with Crippen molar-refractivity contribution in [1.82, 2.24) is 4.98 Å². The Morgan fingerprint density at radius 3 is 2.75 bits per heavy atom. The second-order valence-electron chi connectivity index (χ2n) is 4.79. The molecule has 1 atom stereocenters. The van der Waals surface area contributed by atoms with Crippen molar-refractivity contribution in [2.75, 3.05) is 19.1 Å². The standard InChI is InChI=1S/C15H20N2O2S/c1-10-14(20-9-16-10)8-17(3)12-6-5-7-13(19-4)15(12)11(2)18/h5-7,9,11,18H,8H2,1-4H3/t11-/m1/s1. The van der Waals surface area contributed by atoms with Crippen LogP contribution in [0, 0.1) is 6.92 Å². The molecule has 1 aromatic heterocycles. The van der Waals surface area contributed by atoms with Gasteiger partial charge in [-0.05, 0) is 26.0 Å². The van der Waals surface area contributed by atoms with Gasteiger partial charge in [0, 0.05) is 23.2 Å². The highest BCUT2D eigenvalue weighted by atomic mass is 32.1. The van der Waals surface area contributed by atoms with Gasteiger partial charge in [-0.2, -0.15) is 0 Å². The molecule has 1 N–H and O–H groups in total. The highest BCUT2D eigenvalue weighted by Gasteiger charge is 2.17. The van der Waals surface area contributed by atoms with Gasteiger partial charge in [-0.15, -0.1) is 11.3 Å². The fourth-order valence-electron chi connectivity index (χ4n) is 2.24. The molecular weight excluding hydrogens is 272 g/mol. The number of benzene rings is 1. The first-order chi connectivity index (χ1) is 9.54. The van der Waals surface area contributed by atoms with E-state index in [1.54, 1.807) is 25.4 Å². The maximum atomic E-state index is 10.0. The van der Waals surface area contributed by atoms with Gasteiger partial charge in [-0.25, -0.2) is 4.98 Å². The number of aliphatic hydroxyl groups excluding tert-OH is 1. The van der Waals surface area contributed by atoms with Gasteiger partial charge in [0.15, 0.2) is 0 Å². The molecule has 108 valence electrons. The minimum atomic E-state index is -0.578. The Morgan fingerprint density at radius 1 is 1.45 bits per heavy atom. The summed E-state index contributed by atoms with van der Waals surface area (Å²) in [5.41, 5.74) is 4.72. The van der Waals surface area contributed by atoms with Crippen molar-refractivity contribution in [3.63, 3.8) is 0 Å². The van der Waals surface area contributed by atoms with Crippen molar-refractivity contribution in [2.45, 2.75) is 26.5 Å². The first kappa shape index (κ1) is 14.8. The molecule has 2 aromatic rings. The summed E-state index contributed by atoms with van der Waals surface area (Å²) in [6, 6.07) is 5.81. The molecule has 0 fully saturated rings. The van der Waals surface area contributed by atoms with Crippen molar-refractivity contribution >= 4 is 17.0 Å². The van der Waals surface area contributed by atoms with Gasteiger partial charge in [0.05, 0.1) is 31.0 Å². The van der Waals surface area contributed by atoms with E-state index in [0.29, 0.717) is 5.75 Å². The summed E-state index contributed by atoms with van der Waals surface area (Å²) in [5.74, 6) is 0.713. The molecular formula is C15H20N2O2S. The van der Waals surface area contributed by atoms with Crippen LogP contribution in [-0.2, 0) is 6.54 Å². The van der Waals surface area contributed by atoms with Crippen LogP contribution >= 0.6 is 11.3 Å². The Morgan fingerprint density at radius 2 is 2.20 bits per heavy atom. The Balaban J connectivity index is 2.34. The predicted molar refractivity (Wildman–Crippen MR) is 82.6 cm³/mol. The lowest BCUT2D eigenvalue weighted by Gasteiger charge is -2.24. The number of nitrogens with zero attached hydrogens (tertiary/aromatic N) is 2. The van der Waals surface area contributed by atoms with Crippen LogP contribution in [0.1, 0.15) is 29.2 Å². The van der Waals surface area contributed by atoms with Crippen LogP contribution in [0.25, 0.3) is 0 Å². The van der Waals surface area contributed by atoms with Crippen LogP contribution in [0.4, 0.5) is 5.69 Å². The van der Waals surface area contributed by atoms with Crippen molar-refractivity contribution in [1.29, 1.82) is 0 Å². The van der Waals surface area contributed by atoms with Gasteiger partial charge in [-0.1, -0.05) is 6.07 Å². The smallest absolute Gasteiger partial charge is 0.126 e. The number of aromatic nitrogens is 1. The topological polar surface area (TPSA) is 45.6 Å². The molecule has 0 saturated heterocycles. The molecule has 0 aliphatic heterocycles. The first-order valence-corrected chi connectivity index (χ1v) is 7.37. The van der Waals surface area contributed by atoms with Crippen LogP contribution in [-0.4, -0.2) is 24.2 Å². The van der Waals surface area contributed by atoms with Gasteiger partial charge < -0.3 is 14.7 Å². The molecule has 5 heteroatoms. The van der Waals surface area contributed by atoms with Crippen LogP contribution in [0.15, 0.2) is 23.7 Å². The zero-order valence-electron chi connectivity index (χ0n) is 12.3. The molecule has 0 saturated carbocycles. The summed E-state index contributed by atoms with van der Waals surface area (Å²) in [6.45, 7) is 4.54. The van der Waals surface area contributed by atoms with E-state index in [1.807, 2.05) is 37.7 Å². The molecule has 0 bridgehead atoms. The Labute approximate surface area is 123 Å². The highest BCUT2D eigenvalue weighted by Crippen LogP contribution is 2.35. The molecule has 2 rings (SSSR count). The van der Waals surface area contributed by atoms with Crippen LogP contribution in [0.2, 0.25) is 0 Å². The number of aryl methyl sites for hydroxylation is 1. The van der Waals surface area contributed by atoms with E-state index in [1.165, 1.54) is 4.88 Å². The quantitative estimate of drug-likeness (QED) is 0.919. The van der Waals surface area contributed by atoms with Gasteiger partial charge >= 0.3 is 0 Å². The van der Waals surface area contributed by atoms with Crippen LogP contribution < -0.4 is 9.64 Å². The molecule has 0 amide bonds. The van der Waals surface area contributed by atoms with Crippen molar-refractivity contribution in [2.24, 2.45) is 0 Å². The van der Waals surface area contributed by atoms with Crippen molar-refractivity contribution in [3.8, 4) is 5.75 Å². The number of methoxy groups -OCH3 is 1. The van der Waals surface area contributed by atoms with Gasteiger partial charge in [-0.3, -0.25) is 0 Å². The van der Waals surface area contributed by atoms with Gasteiger partial charge in [0.2, 0.25) is 0 Å². The maximum Gasteiger partial charge on any atom is 0.126 e. The SMILES string of the molecule is COc1cccc(N(C)Cc2scnc2C)c1[C@@H](C)O. The van der Waals surface area contributed by atoms with Crippen LogP contribution in [0.5, 0.6) is 5.75 Å². The third-order valence-electron chi connectivity index (χ3n) is 3.32.